The van der Waals surface area contributed by atoms with Crippen LogP contribution in [-0.4, -0.2) is 25.7 Å². The molecular weight excluding hydrogens is 268 g/mol. The van der Waals surface area contributed by atoms with Crippen LogP contribution in [0.3, 0.4) is 0 Å². The first-order valence-corrected chi connectivity index (χ1v) is 7.50. The van der Waals surface area contributed by atoms with Gasteiger partial charge >= 0.3 is 0 Å². The smallest absolute Gasteiger partial charge is 0.224 e. The predicted molar refractivity (Wildman–Crippen MR) is 84.9 cm³/mol. The number of ether oxygens (including phenoxy) is 2. The quantitative estimate of drug-likeness (QED) is 0.734. The van der Waals surface area contributed by atoms with E-state index < -0.39 is 0 Å². The van der Waals surface area contributed by atoms with Crippen molar-refractivity contribution in [2.24, 2.45) is 11.7 Å². The van der Waals surface area contributed by atoms with Crippen LogP contribution in [0, 0.1) is 5.92 Å². The van der Waals surface area contributed by atoms with Gasteiger partial charge in [0.15, 0.2) is 11.5 Å². The maximum Gasteiger partial charge on any atom is 0.224 e. The van der Waals surface area contributed by atoms with Crippen LogP contribution in [0.5, 0.6) is 11.5 Å². The molecule has 0 spiro atoms. The molecule has 0 heterocycles. The van der Waals surface area contributed by atoms with E-state index in [0.717, 1.165) is 6.42 Å². The van der Waals surface area contributed by atoms with Gasteiger partial charge in [-0.2, -0.15) is 0 Å². The lowest BCUT2D eigenvalue weighted by Crippen LogP contribution is -2.16. The number of nitrogens with two attached hydrogens (primary N) is 1. The molecule has 0 aliphatic carbocycles. The molecule has 5 nitrogen and oxygen atoms in total. The summed E-state index contributed by atoms with van der Waals surface area (Å²) >= 11 is 0. The van der Waals surface area contributed by atoms with Gasteiger partial charge in [0, 0.05) is 18.2 Å². The summed E-state index contributed by atoms with van der Waals surface area (Å²) in [7, 11) is 0. The maximum absolute atomic E-state index is 11.9. The second-order valence-electron chi connectivity index (χ2n) is 4.96. The molecule has 1 aromatic carbocycles. The highest BCUT2D eigenvalue weighted by molar-refractivity contribution is 5.91. The Morgan fingerprint density at radius 3 is 2.52 bits per heavy atom. The van der Waals surface area contributed by atoms with Crippen LogP contribution in [0.1, 0.15) is 33.6 Å². The molecule has 5 heteroatoms. The monoisotopic (exact) mass is 294 g/mol. The molecule has 0 fully saturated rings. The van der Waals surface area contributed by atoms with Crippen molar-refractivity contribution in [3.8, 4) is 11.5 Å². The number of amides is 1. The van der Waals surface area contributed by atoms with Crippen LogP contribution in [0.15, 0.2) is 18.2 Å². The second-order valence-corrected chi connectivity index (χ2v) is 4.96. The highest BCUT2D eigenvalue weighted by Crippen LogP contribution is 2.30. The van der Waals surface area contributed by atoms with Crippen molar-refractivity contribution in [2.75, 3.05) is 25.1 Å². The van der Waals surface area contributed by atoms with Crippen molar-refractivity contribution in [1.82, 2.24) is 0 Å². The predicted octanol–water partition coefficient (Wildman–Crippen LogP) is 2.80. The first-order valence-electron chi connectivity index (χ1n) is 7.50. The van der Waals surface area contributed by atoms with Crippen LogP contribution < -0.4 is 20.5 Å². The average Bonchev–Trinajstić information content (AvgIpc) is 2.48. The van der Waals surface area contributed by atoms with E-state index in [-0.39, 0.29) is 5.91 Å². The Kier molecular flexibility index (Phi) is 7.61. The van der Waals surface area contributed by atoms with E-state index in [2.05, 4.69) is 5.32 Å². The van der Waals surface area contributed by atoms with Crippen molar-refractivity contribution in [1.29, 1.82) is 0 Å². The third-order valence-electron chi connectivity index (χ3n) is 3.09. The zero-order valence-electron chi connectivity index (χ0n) is 13.1. The van der Waals surface area contributed by atoms with E-state index in [9.17, 15) is 4.79 Å². The third-order valence-corrected chi connectivity index (χ3v) is 3.09. The Labute approximate surface area is 126 Å². The van der Waals surface area contributed by atoms with Gasteiger partial charge < -0.3 is 20.5 Å². The van der Waals surface area contributed by atoms with Crippen LogP contribution in [0.25, 0.3) is 0 Å². The molecule has 0 aliphatic heterocycles. The second kappa shape index (κ2) is 9.23. The average molecular weight is 294 g/mol. The molecule has 118 valence electrons. The normalized spacial score (nSPS) is 11.8. The van der Waals surface area contributed by atoms with Gasteiger partial charge in [-0.15, -0.1) is 0 Å². The molecule has 0 saturated carbocycles. The van der Waals surface area contributed by atoms with Gasteiger partial charge in [0.25, 0.3) is 0 Å². The van der Waals surface area contributed by atoms with Gasteiger partial charge in [-0.3, -0.25) is 4.79 Å². The molecule has 1 amide bonds. The number of carbonyl (C=O) groups is 1. The molecule has 0 radical (unpaired) electrons. The molecule has 1 atom stereocenters. The number of anilines is 1. The molecule has 0 aliphatic rings. The van der Waals surface area contributed by atoms with E-state index >= 15 is 0 Å². The molecule has 0 bridgehead atoms. The minimum atomic E-state index is -0.0121. The number of benzene rings is 1. The number of carbonyl (C=O) groups excluding carboxylic acids is 1. The molecule has 1 rings (SSSR count). The van der Waals surface area contributed by atoms with Crippen molar-refractivity contribution in [2.45, 2.75) is 33.6 Å². The lowest BCUT2D eigenvalue weighted by atomic mass is 10.1. The van der Waals surface area contributed by atoms with Gasteiger partial charge in [0.05, 0.1) is 13.2 Å². The van der Waals surface area contributed by atoms with Crippen molar-refractivity contribution >= 4 is 11.6 Å². The fourth-order valence-corrected chi connectivity index (χ4v) is 1.85. The Hall–Kier alpha value is -1.75. The summed E-state index contributed by atoms with van der Waals surface area (Å²) in [5.41, 5.74) is 6.26. The van der Waals surface area contributed by atoms with Gasteiger partial charge in [-0.05, 0) is 44.9 Å². The van der Waals surface area contributed by atoms with Crippen molar-refractivity contribution < 1.29 is 14.3 Å². The summed E-state index contributed by atoms with van der Waals surface area (Å²) in [6.07, 6.45) is 1.26. The third kappa shape index (κ3) is 6.04. The van der Waals surface area contributed by atoms with Gasteiger partial charge in [0.2, 0.25) is 5.91 Å². The SMILES string of the molecule is CCOc1ccc(NC(=O)CCC(C)CN)cc1OCC. The summed E-state index contributed by atoms with van der Waals surface area (Å²) in [6.45, 7) is 7.59. The van der Waals surface area contributed by atoms with E-state index in [1.54, 1.807) is 6.07 Å². The molecule has 1 aromatic rings. The zero-order chi connectivity index (χ0) is 15.7. The fraction of sp³-hybridized carbons (Fsp3) is 0.562. The summed E-state index contributed by atoms with van der Waals surface area (Å²) in [4.78, 5) is 11.9. The van der Waals surface area contributed by atoms with Gasteiger partial charge in [-0.1, -0.05) is 6.92 Å². The van der Waals surface area contributed by atoms with Crippen LogP contribution >= 0.6 is 0 Å². The van der Waals surface area contributed by atoms with Crippen molar-refractivity contribution in [3.05, 3.63) is 18.2 Å². The minimum absolute atomic E-state index is 0.0121. The van der Waals surface area contributed by atoms with Crippen LogP contribution in [0.4, 0.5) is 5.69 Å². The largest absolute Gasteiger partial charge is 0.490 e. The molecule has 0 aromatic heterocycles. The first kappa shape index (κ1) is 17.3. The number of rotatable bonds is 9. The zero-order valence-corrected chi connectivity index (χ0v) is 13.1. The summed E-state index contributed by atoms with van der Waals surface area (Å²) in [5, 5.41) is 2.87. The standard InChI is InChI=1S/C16H26N2O3/c1-4-20-14-8-7-13(10-15(14)21-5-2)18-16(19)9-6-12(3)11-17/h7-8,10,12H,4-6,9,11,17H2,1-3H3,(H,18,19). The summed E-state index contributed by atoms with van der Waals surface area (Å²) in [5.74, 6) is 1.68. The lowest BCUT2D eigenvalue weighted by molar-refractivity contribution is -0.116. The Morgan fingerprint density at radius 1 is 1.24 bits per heavy atom. The van der Waals surface area contributed by atoms with E-state index in [4.69, 9.17) is 15.2 Å². The Bertz CT molecular complexity index is 449. The van der Waals surface area contributed by atoms with E-state index in [0.29, 0.717) is 49.3 Å². The molecular formula is C16H26N2O3. The number of hydrogen-bond donors (Lipinski definition) is 2. The maximum atomic E-state index is 11.9. The lowest BCUT2D eigenvalue weighted by Gasteiger charge is -2.13. The fourth-order valence-electron chi connectivity index (χ4n) is 1.85. The first-order chi connectivity index (χ1) is 10.1. The topological polar surface area (TPSA) is 73.6 Å². The van der Waals surface area contributed by atoms with Crippen LogP contribution in [0.2, 0.25) is 0 Å². The highest BCUT2D eigenvalue weighted by atomic mass is 16.5. The van der Waals surface area contributed by atoms with E-state index in [1.165, 1.54) is 0 Å². The minimum Gasteiger partial charge on any atom is -0.490 e. The Balaban J connectivity index is 2.66. The summed E-state index contributed by atoms with van der Waals surface area (Å²) < 4.78 is 11.0. The molecule has 21 heavy (non-hydrogen) atoms. The Morgan fingerprint density at radius 2 is 1.90 bits per heavy atom. The summed E-state index contributed by atoms with van der Waals surface area (Å²) in [6, 6.07) is 5.42. The van der Waals surface area contributed by atoms with E-state index in [1.807, 2.05) is 32.9 Å². The number of hydrogen-bond acceptors (Lipinski definition) is 4. The van der Waals surface area contributed by atoms with Crippen molar-refractivity contribution in [3.63, 3.8) is 0 Å². The van der Waals surface area contributed by atoms with Gasteiger partial charge in [0.1, 0.15) is 0 Å². The molecule has 0 saturated heterocycles. The van der Waals surface area contributed by atoms with Crippen LogP contribution in [-0.2, 0) is 4.79 Å². The molecule has 3 N–H and O–H groups in total. The molecule has 1 unspecified atom stereocenters. The number of nitrogens with one attached hydrogen (secondary N) is 1. The highest BCUT2D eigenvalue weighted by Gasteiger charge is 2.09. The van der Waals surface area contributed by atoms with Gasteiger partial charge in [-0.25, -0.2) is 0 Å².